The van der Waals surface area contributed by atoms with E-state index in [4.69, 9.17) is 9.15 Å². The lowest BCUT2D eigenvalue weighted by molar-refractivity contribution is -0.140. The standard InChI is InChI=1S/C24H23F3N4O3/c1-33-17-4-2-5-18-16(17)12-19(34-18)23(32)29-15-10-8-14(9-11-15)28-21-6-3-7-22-30-20(13-31(21)22)24(25,26)27/h2-7,12-15,28H,8-11H2,1H3,(H,29,32). The van der Waals surface area contributed by atoms with Crippen LogP contribution in [-0.4, -0.2) is 34.5 Å². The van der Waals surface area contributed by atoms with Gasteiger partial charge >= 0.3 is 6.18 Å². The molecule has 0 saturated heterocycles. The zero-order valence-corrected chi connectivity index (χ0v) is 18.4. The van der Waals surface area contributed by atoms with Crippen LogP contribution in [0.15, 0.2) is 53.1 Å². The van der Waals surface area contributed by atoms with Crippen molar-refractivity contribution in [3.05, 3.63) is 60.1 Å². The van der Waals surface area contributed by atoms with Gasteiger partial charge in [-0.15, -0.1) is 0 Å². The van der Waals surface area contributed by atoms with E-state index in [1.807, 2.05) is 6.07 Å². The number of rotatable bonds is 5. The topological polar surface area (TPSA) is 80.8 Å². The van der Waals surface area contributed by atoms with Crippen LogP contribution in [-0.2, 0) is 6.18 Å². The highest BCUT2D eigenvalue weighted by Gasteiger charge is 2.34. The molecular weight excluding hydrogens is 449 g/mol. The summed E-state index contributed by atoms with van der Waals surface area (Å²) in [7, 11) is 1.57. The average Bonchev–Trinajstić information content (AvgIpc) is 3.45. The van der Waals surface area contributed by atoms with Crippen LogP contribution in [0.25, 0.3) is 16.6 Å². The maximum Gasteiger partial charge on any atom is 0.434 e. The second-order valence-electron chi connectivity index (χ2n) is 8.41. The molecule has 10 heteroatoms. The monoisotopic (exact) mass is 472 g/mol. The molecule has 1 aliphatic carbocycles. The molecule has 0 atom stereocenters. The summed E-state index contributed by atoms with van der Waals surface area (Å²) in [5.41, 5.74) is -0.100. The number of aromatic nitrogens is 2. The van der Waals surface area contributed by atoms with Gasteiger partial charge in [0.25, 0.3) is 5.91 Å². The number of nitrogens with zero attached hydrogens (tertiary/aromatic N) is 2. The largest absolute Gasteiger partial charge is 0.496 e. The summed E-state index contributed by atoms with van der Waals surface area (Å²) in [4.78, 5) is 16.4. The molecule has 2 N–H and O–H groups in total. The third-order valence-electron chi connectivity index (χ3n) is 6.16. The number of hydrogen-bond donors (Lipinski definition) is 2. The molecule has 1 aliphatic rings. The molecule has 7 nitrogen and oxygen atoms in total. The third kappa shape index (κ3) is 4.27. The Balaban J connectivity index is 1.21. The molecule has 0 bridgehead atoms. The number of anilines is 1. The number of ether oxygens (including phenoxy) is 1. The number of methoxy groups -OCH3 is 1. The molecule has 5 rings (SSSR count). The van der Waals surface area contributed by atoms with E-state index in [0.717, 1.165) is 37.3 Å². The molecule has 3 heterocycles. The minimum absolute atomic E-state index is 0.0125. The number of furan rings is 1. The van der Waals surface area contributed by atoms with Crippen molar-refractivity contribution in [2.45, 2.75) is 43.9 Å². The fourth-order valence-electron chi connectivity index (χ4n) is 4.44. The number of carbonyl (C=O) groups excluding carboxylic acids is 1. The summed E-state index contributed by atoms with van der Waals surface area (Å²) in [6.07, 6.45) is -0.496. The highest BCUT2D eigenvalue weighted by molar-refractivity contribution is 5.97. The van der Waals surface area contributed by atoms with Gasteiger partial charge in [-0.3, -0.25) is 9.20 Å². The molecule has 1 aromatic carbocycles. The summed E-state index contributed by atoms with van der Waals surface area (Å²) in [6, 6.07) is 12.1. The molecule has 178 valence electrons. The van der Waals surface area contributed by atoms with E-state index in [-0.39, 0.29) is 29.4 Å². The van der Waals surface area contributed by atoms with Gasteiger partial charge in [-0.25, -0.2) is 4.98 Å². The smallest absolute Gasteiger partial charge is 0.434 e. The van der Waals surface area contributed by atoms with Crippen LogP contribution in [0.3, 0.4) is 0 Å². The van der Waals surface area contributed by atoms with Gasteiger partial charge in [-0.05, 0) is 49.9 Å². The molecule has 3 aromatic heterocycles. The predicted octanol–water partition coefficient (Wildman–Crippen LogP) is 5.26. The van der Waals surface area contributed by atoms with Gasteiger partial charge in [0.1, 0.15) is 22.8 Å². The molecule has 0 spiro atoms. The summed E-state index contributed by atoms with van der Waals surface area (Å²) in [6.45, 7) is 0. The Morgan fingerprint density at radius 2 is 1.85 bits per heavy atom. The van der Waals surface area contributed by atoms with Gasteiger partial charge in [-0.1, -0.05) is 12.1 Å². The lowest BCUT2D eigenvalue weighted by Gasteiger charge is -2.30. The summed E-state index contributed by atoms with van der Waals surface area (Å²) in [5.74, 6) is 1.15. The van der Waals surface area contributed by atoms with Gasteiger partial charge in [0.2, 0.25) is 0 Å². The SMILES string of the molecule is COc1cccc2oc(C(=O)NC3CCC(Nc4cccc5nc(C(F)(F)F)cn45)CC3)cc12. The van der Waals surface area contributed by atoms with E-state index in [9.17, 15) is 18.0 Å². The number of amides is 1. The molecule has 1 amide bonds. The fraction of sp³-hybridized carbons (Fsp3) is 0.333. The van der Waals surface area contributed by atoms with Crippen molar-refractivity contribution in [3.63, 3.8) is 0 Å². The summed E-state index contributed by atoms with van der Waals surface area (Å²) < 4.78 is 51.5. The fourth-order valence-corrected chi connectivity index (χ4v) is 4.44. The number of hydrogen-bond acceptors (Lipinski definition) is 5. The van der Waals surface area contributed by atoms with Crippen molar-refractivity contribution in [2.75, 3.05) is 12.4 Å². The van der Waals surface area contributed by atoms with E-state index in [2.05, 4.69) is 15.6 Å². The Morgan fingerprint density at radius 3 is 2.59 bits per heavy atom. The van der Waals surface area contributed by atoms with E-state index in [1.165, 1.54) is 4.40 Å². The van der Waals surface area contributed by atoms with Crippen LogP contribution in [0.4, 0.5) is 19.0 Å². The van der Waals surface area contributed by atoms with Crippen molar-refractivity contribution >= 4 is 28.3 Å². The van der Waals surface area contributed by atoms with Gasteiger partial charge in [0.05, 0.1) is 12.5 Å². The van der Waals surface area contributed by atoms with Gasteiger partial charge in [0, 0.05) is 24.3 Å². The Labute approximate surface area is 192 Å². The lowest BCUT2D eigenvalue weighted by atomic mass is 9.91. The minimum Gasteiger partial charge on any atom is -0.496 e. The van der Waals surface area contributed by atoms with Crippen LogP contribution in [0.2, 0.25) is 0 Å². The van der Waals surface area contributed by atoms with E-state index >= 15 is 0 Å². The van der Waals surface area contributed by atoms with Crippen molar-refractivity contribution < 1.29 is 27.1 Å². The van der Waals surface area contributed by atoms with Crippen LogP contribution in [0.5, 0.6) is 5.75 Å². The molecule has 0 radical (unpaired) electrons. The van der Waals surface area contributed by atoms with Crippen LogP contribution in [0.1, 0.15) is 41.9 Å². The maximum atomic E-state index is 13.0. The molecule has 34 heavy (non-hydrogen) atoms. The Morgan fingerprint density at radius 1 is 1.12 bits per heavy atom. The normalized spacial score (nSPS) is 18.8. The van der Waals surface area contributed by atoms with Crippen LogP contribution in [0, 0.1) is 0 Å². The molecule has 1 saturated carbocycles. The second-order valence-corrected chi connectivity index (χ2v) is 8.41. The number of imidazole rings is 1. The van der Waals surface area contributed by atoms with Crippen LogP contribution < -0.4 is 15.4 Å². The number of nitrogens with one attached hydrogen (secondary N) is 2. The summed E-state index contributed by atoms with van der Waals surface area (Å²) in [5, 5.41) is 7.10. The quantitative estimate of drug-likeness (QED) is 0.414. The Kier molecular flexibility index (Phi) is 5.59. The number of fused-ring (bicyclic) bond motifs is 2. The predicted molar refractivity (Wildman–Crippen MR) is 120 cm³/mol. The van der Waals surface area contributed by atoms with Gasteiger partial charge in [0.15, 0.2) is 11.5 Å². The first kappa shape index (κ1) is 22.1. The highest BCUT2D eigenvalue weighted by atomic mass is 19.4. The zero-order chi connectivity index (χ0) is 23.9. The molecule has 0 aliphatic heterocycles. The number of alkyl halides is 3. The first-order valence-electron chi connectivity index (χ1n) is 11.0. The summed E-state index contributed by atoms with van der Waals surface area (Å²) >= 11 is 0. The molecule has 0 unspecified atom stereocenters. The number of pyridine rings is 1. The van der Waals surface area contributed by atoms with Crippen molar-refractivity contribution in [3.8, 4) is 5.75 Å². The Hall–Kier alpha value is -3.69. The number of benzene rings is 1. The van der Waals surface area contributed by atoms with E-state index < -0.39 is 11.9 Å². The van der Waals surface area contributed by atoms with E-state index in [1.54, 1.807) is 43.5 Å². The number of carbonyl (C=O) groups is 1. The molecule has 1 fully saturated rings. The lowest BCUT2D eigenvalue weighted by Crippen LogP contribution is -2.40. The van der Waals surface area contributed by atoms with Crippen molar-refractivity contribution in [2.24, 2.45) is 0 Å². The second kappa shape index (κ2) is 8.58. The van der Waals surface area contributed by atoms with E-state index in [0.29, 0.717) is 17.2 Å². The zero-order valence-electron chi connectivity index (χ0n) is 18.4. The van der Waals surface area contributed by atoms with Crippen molar-refractivity contribution in [1.29, 1.82) is 0 Å². The maximum absolute atomic E-state index is 13.0. The molecule has 4 aromatic rings. The van der Waals surface area contributed by atoms with Crippen LogP contribution >= 0.6 is 0 Å². The first-order valence-corrected chi connectivity index (χ1v) is 11.0. The Bertz CT molecular complexity index is 1340. The third-order valence-corrected chi connectivity index (χ3v) is 6.16. The minimum atomic E-state index is -4.50. The van der Waals surface area contributed by atoms with Crippen molar-refractivity contribution in [1.82, 2.24) is 14.7 Å². The first-order chi connectivity index (χ1) is 16.3. The van der Waals surface area contributed by atoms with Gasteiger partial charge < -0.3 is 19.8 Å². The molecular formula is C24H23F3N4O3. The highest BCUT2D eigenvalue weighted by Crippen LogP contribution is 2.31. The number of halogens is 3. The average molecular weight is 472 g/mol. The van der Waals surface area contributed by atoms with Gasteiger partial charge in [-0.2, -0.15) is 13.2 Å².